The molecule has 0 aliphatic heterocycles. The van der Waals surface area contributed by atoms with E-state index in [-0.39, 0.29) is 23.4 Å². The highest BCUT2D eigenvalue weighted by Gasteiger charge is 2.18. The first-order valence-electron chi connectivity index (χ1n) is 8.17. The number of phenolic OH excluding ortho intramolecular Hbond substituents is 1. The van der Waals surface area contributed by atoms with Crippen LogP contribution in [0, 0.1) is 5.82 Å². The van der Waals surface area contributed by atoms with Crippen LogP contribution >= 0.6 is 0 Å². The quantitative estimate of drug-likeness (QED) is 0.677. The van der Waals surface area contributed by atoms with E-state index in [1.807, 2.05) is 27.9 Å². The SMILES string of the molecule is CC(C)Oc1cc2c(C=O)c(-c3ccc(F)cc3)oc2cc1O.CNC. The van der Waals surface area contributed by atoms with Crippen molar-refractivity contribution in [1.29, 1.82) is 0 Å². The van der Waals surface area contributed by atoms with E-state index in [9.17, 15) is 14.3 Å². The van der Waals surface area contributed by atoms with Crippen LogP contribution in [0.1, 0.15) is 24.2 Å². The van der Waals surface area contributed by atoms with E-state index in [0.29, 0.717) is 34.1 Å². The van der Waals surface area contributed by atoms with Crippen LogP contribution in [-0.4, -0.2) is 31.6 Å². The Labute approximate surface area is 151 Å². The molecule has 0 spiro atoms. The lowest BCUT2D eigenvalue weighted by Crippen LogP contribution is -2.05. The molecule has 0 fully saturated rings. The highest BCUT2D eigenvalue weighted by atomic mass is 19.1. The predicted octanol–water partition coefficient (Wildman–Crippen LogP) is 4.38. The van der Waals surface area contributed by atoms with Crippen LogP contribution in [0.3, 0.4) is 0 Å². The summed E-state index contributed by atoms with van der Waals surface area (Å²) >= 11 is 0. The minimum Gasteiger partial charge on any atom is -0.504 e. The molecule has 6 heteroatoms. The average molecular weight is 359 g/mol. The Morgan fingerprint density at radius 3 is 2.35 bits per heavy atom. The molecule has 0 aliphatic rings. The molecule has 3 rings (SSSR count). The van der Waals surface area contributed by atoms with Crippen molar-refractivity contribution in [3.63, 3.8) is 0 Å². The van der Waals surface area contributed by atoms with Crippen LogP contribution in [0.2, 0.25) is 0 Å². The Kier molecular flexibility index (Phi) is 6.36. The molecule has 0 saturated heterocycles. The molecule has 0 unspecified atom stereocenters. The van der Waals surface area contributed by atoms with E-state index in [0.717, 1.165) is 0 Å². The number of halogens is 1. The van der Waals surface area contributed by atoms with Crippen molar-refractivity contribution >= 4 is 17.3 Å². The maximum atomic E-state index is 13.1. The number of fused-ring (bicyclic) bond motifs is 1. The van der Waals surface area contributed by atoms with E-state index in [4.69, 9.17) is 9.15 Å². The molecule has 2 aromatic carbocycles. The number of carbonyl (C=O) groups excluding carboxylic acids is 1. The molecule has 0 radical (unpaired) electrons. The fourth-order valence-electron chi connectivity index (χ4n) is 2.41. The number of aromatic hydroxyl groups is 1. The van der Waals surface area contributed by atoms with Gasteiger partial charge in [0.1, 0.15) is 17.2 Å². The number of rotatable bonds is 4. The van der Waals surface area contributed by atoms with Crippen molar-refractivity contribution in [2.45, 2.75) is 20.0 Å². The van der Waals surface area contributed by atoms with Crippen molar-refractivity contribution in [2.75, 3.05) is 14.1 Å². The van der Waals surface area contributed by atoms with Gasteiger partial charge in [-0.15, -0.1) is 0 Å². The predicted molar refractivity (Wildman–Crippen MR) is 99.4 cm³/mol. The monoisotopic (exact) mass is 359 g/mol. The molecule has 0 amide bonds. The van der Waals surface area contributed by atoms with Gasteiger partial charge in [-0.1, -0.05) is 0 Å². The molecule has 0 saturated carbocycles. The minimum absolute atomic E-state index is 0.0666. The Hall–Kier alpha value is -2.86. The van der Waals surface area contributed by atoms with E-state index in [2.05, 4.69) is 5.32 Å². The standard InChI is InChI=1S/C18H15FO4.C2H7N/c1-10(2)22-17-7-13-14(9-20)18(23-16(13)8-15(17)21)11-3-5-12(19)6-4-11;1-3-2/h3-10,21H,1-2H3;3H,1-2H3. The molecule has 3 aromatic rings. The number of carbonyl (C=O) groups is 1. The second-order valence-electron chi connectivity index (χ2n) is 5.95. The summed E-state index contributed by atoms with van der Waals surface area (Å²) in [5.41, 5.74) is 1.27. The summed E-state index contributed by atoms with van der Waals surface area (Å²) in [6.45, 7) is 3.67. The molecule has 138 valence electrons. The second-order valence-corrected chi connectivity index (χ2v) is 5.95. The van der Waals surface area contributed by atoms with Gasteiger partial charge in [0.15, 0.2) is 17.8 Å². The topological polar surface area (TPSA) is 71.7 Å². The number of hydrogen-bond donors (Lipinski definition) is 2. The highest BCUT2D eigenvalue weighted by molar-refractivity contribution is 6.03. The van der Waals surface area contributed by atoms with Crippen molar-refractivity contribution in [1.82, 2.24) is 5.32 Å². The van der Waals surface area contributed by atoms with Gasteiger partial charge in [-0.05, 0) is 58.3 Å². The zero-order chi connectivity index (χ0) is 19.3. The number of ether oxygens (including phenoxy) is 1. The van der Waals surface area contributed by atoms with Gasteiger partial charge in [0.25, 0.3) is 0 Å². The van der Waals surface area contributed by atoms with Crippen LogP contribution in [0.15, 0.2) is 40.8 Å². The van der Waals surface area contributed by atoms with Crippen LogP contribution in [-0.2, 0) is 0 Å². The van der Waals surface area contributed by atoms with Crippen LogP contribution in [0.5, 0.6) is 11.5 Å². The molecule has 0 aliphatic carbocycles. The van der Waals surface area contributed by atoms with Gasteiger partial charge in [-0.25, -0.2) is 4.39 Å². The molecule has 1 heterocycles. The van der Waals surface area contributed by atoms with Gasteiger partial charge in [0.05, 0.1) is 11.7 Å². The van der Waals surface area contributed by atoms with E-state index < -0.39 is 0 Å². The number of furan rings is 1. The third-order valence-corrected chi connectivity index (χ3v) is 3.39. The first-order chi connectivity index (χ1) is 12.4. The fourth-order valence-corrected chi connectivity index (χ4v) is 2.41. The number of benzene rings is 2. The van der Waals surface area contributed by atoms with Crippen molar-refractivity contribution < 1.29 is 23.4 Å². The third kappa shape index (κ3) is 4.21. The summed E-state index contributed by atoms with van der Waals surface area (Å²) in [5, 5.41) is 13.3. The zero-order valence-electron chi connectivity index (χ0n) is 15.2. The zero-order valence-corrected chi connectivity index (χ0v) is 15.2. The molecule has 26 heavy (non-hydrogen) atoms. The molecule has 0 bridgehead atoms. The Morgan fingerprint density at radius 2 is 1.81 bits per heavy atom. The van der Waals surface area contributed by atoms with Gasteiger partial charge in [-0.2, -0.15) is 0 Å². The summed E-state index contributed by atoms with van der Waals surface area (Å²) in [5.74, 6) is 0.170. The summed E-state index contributed by atoms with van der Waals surface area (Å²) in [7, 11) is 3.75. The van der Waals surface area contributed by atoms with Crippen LogP contribution in [0.25, 0.3) is 22.3 Å². The lowest BCUT2D eigenvalue weighted by molar-refractivity contribution is 0.112. The van der Waals surface area contributed by atoms with Crippen LogP contribution < -0.4 is 10.1 Å². The minimum atomic E-state index is -0.372. The molecular weight excluding hydrogens is 337 g/mol. The van der Waals surface area contributed by atoms with E-state index in [1.54, 1.807) is 6.07 Å². The normalized spacial score (nSPS) is 10.5. The largest absolute Gasteiger partial charge is 0.504 e. The van der Waals surface area contributed by atoms with Crippen LogP contribution in [0.4, 0.5) is 4.39 Å². The lowest BCUT2D eigenvalue weighted by atomic mass is 10.1. The second kappa shape index (κ2) is 8.49. The Balaban J connectivity index is 0.000000758. The Bertz CT molecular complexity index is 885. The van der Waals surface area contributed by atoms with E-state index >= 15 is 0 Å². The fraction of sp³-hybridized carbons (Fsp3) is 0.250. The number of hydrogen-bond acceptors (Lipinski definition) is 5. The maximum absolute atomic E-state index is 13.1. The molecule has 0 atom stereocenters. The van der Waals surface area contributed by atoms with Gasteiger partial charge < -0.3 is 19.6 Å². The summed E-state index contributed by atoms with van der Waals surface area (Å²) in [6.07, 6.45) is 0.558. The molecule has 2 N–H and O–H groups in total. The van der Waals surface area contributed by atoms with Gasteiger partial charge in [0, 0.05) is 17.0 Å². The first kappa shape index (κ1) is 19.5. The van der Waals surface area contributed by atoms with Gasteiger partial charge in [0.2, 0.25) is 0 Å². The molecule has 1 aromatic heterocycles. The van der Waals surface area contributed by atoms with Crippen molar-refractivity contribution in [3.05, 3.63) is 47.8 Å². The summed E-state index contributed by atoms with van der Waals surface area (Å²) in [6, 6.07) is 8.64. The first-order valence-corrected chi connectivity index (χ1v) is 8.17. The van der Waals surface area contributed by atoms with E-state index in [1.165, 1.54) is 30.3 Å². The highest BCUT2D eigenvalue weighted by Crippen LogP contribution is 2.39. The molecular formula is C20H22FNO4. The Morgan fingerprint density at radius 1 is 1.19 bits per heavy atom. The average Bonchev–Trinajstić information content (AvgIpc) is 2.93. The molecule has 5 nitrogen and oxygen atoms in total. The summed E-state index contributed by atoms with van der Waals surface area (Å²) in [4.78, 5) is 11.5. The van der Waals surface area contributed by atoms with Crippen molar-refractivity contribution in [3.8, 4) is 22.8 Å². The third-order valence-electron chi connectivity index (χ3n) is 3.39. The van der Waals surface area contributed by atoms with Gasteiger partial charge >= 0.3 is 0 Å². The lowest BCUT2D eigenvalue weighted by Gasteiger charge is -2.10. The number of phenols is 1. The van der Waals surface area contributed by atoms with Gasteiger partial charge in [-0.3, -0.25) is 4.79 Å². The number of nitrogens with one attached hydrogen (secondary N) is 1. The maximum Gasteiger partial charge on any atom is 0.162 e. The smallest absolute Gasteiger partial charge is 0.162 e. The van der Waals surface area contributed by atoms with Crippen molar-refractivity contribution in [2.24, 2.45) is 0 Å². The summed E-state index contributed by atoms with van der Waals surface area (Å²) < 4.78 is 24.3. The number of aldehydes is 1.